The third-order valence-corrected chi connectivity index (χ3v) is 6.15. The third-order valence-electron chi connectivity index (χ3n) is 6.15. The standard InChI is InChI=1S/C27H29N5/c28-23-27(25-10-3-1-4-11-25,26-12-5-2-6-13-26)14-8-16-31-17-19-32(20-18-31)30-22-24-9-7-15-29-21-24/h1-7,9-13,15,21-22H,8,14,16-20H2. The zero-order valence-corrected chi connectivity index (χ0v) is 18.3. The molecule has 0 N–H and O–H groups in total. The first-order valence-corrected chi connectivity index (χ1v) is 11.2. The minimum Gasteiger partial charge on any atom is -0.300 e. The number of aromatic nitrogens is 1. The van der Waals surface area contributed by atoms with E-state index in [2.05, 4.69) is 50.3 Å². The molecule has 162 valence electrons. The lowest BCUT2D eigenvalue weighted by molar-refractivity contribution is 0.134. The van der Waals surface area contributed by atoms with Crippen LogP contribution in [0.15, 0.2) is 90.3 Å². The third kappa shape index (κ3) is 5.22. The maximum Gasteiger partial charge on any atom is 0.107 e. The van der Waals surface area contributed by atoms with Crippen LogP contribution in [0.1, 0.15) is 29.5 Å². The van der Waals surface area contributed by atoms with Crippen molar-refractivity contribution >= 4 is 6.21 Å². The number of nitrogens with zero attached hydrogens (tertiary/aromatic N) is 5. The van der Waals surface area contributed by atoms with Crippen LogP contribution >= 0.6 is 0 Å². The predicted octanol–water partition coefficient (Wildman–Crippen LogP) is 4.32. The summed E-state index contributed by atoms with van der Waals surface area (Å²) in [5, 5.41) is 17.0. The number of hydrogen-bond donors (Lipinski definition) is 0. The normalized spacial score (nSPS) is 15.0. The summed E-state index contributed by atoms with van der Waals surface area (Å²) >= 11 is 0. The molecule has 2 aromatic carbocycles. The number of rotatable bonds is 8. The average molecular weight is 424 g/mol. The van der Waals surface area contributed by atoms with Gasteiger partial charge in [0, 0.05) is 44.1 Å². The molecule has 1 aliphatic rings. The second-order valence-corrected chi connectivity index (χ2v) is 8.18. The molecule has 0 radical (unpaired) electrons. The van der Waals surface area contributed by atoms with Crippen molar-refractivity contribution in [2.75, 3.05) is 32.7 Å². The van der Waals surface area contributed by atoms with Crippen molar-refractivity contribution in [3.05, 3.63) is 102 Å². The molecule has 1 fully saturated rings. The number of benzene rings is 2. The fourth-order valence-corrected chi connectivity index (χ4v) is 4.33. The van der Waals surface area contributed by atoms with E-state index in [0.717, 1.165) is 62.3 Å². The molecule has 1 aliphatic heterocycles. The van der Waals surface area contributed by atoms with Crippen molar-refractivity contribution in [3.8, 4) is 6.07 Å². The zero-order chi connectivity index (χ0) is 22.1. The van der Waals surface area contributed by atoms with Gasteiger partial charge in [-0.2, -0.15) is 10.4 Å². The molecule has 1 aromatic heterocycles. The van der Waals surface area contributed by atoms with Crippen molar-refractivity contribution in [3.63, 3.8) is 0 Å². The lowest BCUT2D eigenvalue weighted by Gasteiger charge is -2.34. The van der Waals surface area contributed by atoms with Crippen LogP contribution in [0.25, 0.3) is 0 Å². The van der Waals surface area contributed by atoms with E-state index in [-0.39, 0.29) is 0 Å². The first-order chi connectivity index (χ1) is 15.8. The van der Waals surface area contributed by atoms with Crippen molar-refractivity contribution < 1.29 is 0 Å². The fraction of sp³-hybridized carbons (Fsp3) is 0.296. The van der Waals surface area contributed by atoms with Crippen molar-refractivity contribution in [2.24, 2.45) is 5.10 Å². The van der Waals surface area contributed by atoms with Gasteiger partial charge in [-0.05, 0) is 36.6 Å². The summed E-state index contributed by atoms with van der Waals surface area (Å²) in [6.07, 6.45) is 7.24. The van der Waals surface area contributed by atoms with Crippen LogP contribution in [-0.4, -0.2) is 53.8 Å². The zero-order valence-electron chi connectivity index (χ0n) is 18.3. The largest absolute Gasteiger partial charge is 0.300 e. The Labute approximate surface area is 190 Å². The lowest BCUT2D eigenvalue weighted by atomic mass is 9.72. The van der Waals surface area contributed by atoms with Crippen molar-refractivity contribution in [1.82, 2.24) is 14.9 Å². The minimum atomic E-state index is -0.613. The molecular formula is C27H29N5. The molecule has 5 heteroatoms. The Bertz CT molecular complexity index is 980. The second kappa shape index (κ2) is 10.7. The SMILES string of the molecule is N#CC(CCCN1CCN(N=Cc2cccnc2)CC1)(c1ccccc1)c1ccccc1. The van der Waals surface area contributed by atoms with E-state index in [1.807, 2.05) is 60.9 Å². The minimum absolute atomic E-state index is 0.613. The molecule has 4 rings (SSSR count). The Morgan fingerprint density at radius 1 is 0.906 bits per heavy atom. The maximum atomic E-state index is 10.3. The summed E-state index contributed by atoms with van der Waals surface area (Å²) in [4.78, 5) is 6.60. The first kappa shape index (κ1) is 21.7. The topological polar surface area (TPSA) is 55.5 Å². The molecule has 0 spiro atoms. The molecule has 0 amide bonds. The van der Waals surface area contributed by atoms with Gasteiger partial charge in [-0.3, -0.25) is 14.9 Å². The highest BCUT2D eigenvalue weighted by atomic mass is 15.5. The summed E-state index contributed by atoms with van der Waals surface area (Å²) < 4.78 is 0. The van der Waals surface area contributed by atoms with Gasteiger partial charge in [-0.1, -0.05) is 66.7 Å². The second-order valence-electron chi connectivity index (χ2n) is 8.18. The van der Waals surface area contributed by atoms with Gasteiger partial charge in [-0.15, -0.1) is 0 Å². The van der Waals surface area contributed by atoms with Gasteiger partial charge < -0.3 is 0 Å². The van der Waals surface area contributed by atoms with Gasteiger partial charge >= 0.3 is 0 Å². The van der Waals surface area contributed by atoms with Crippen LogP contribution < -0.4 is 0 Å². The molecule has 2 heterocycles. The summed E-state index contributed by atoms with van der Waals surface area (Å²) in [5.41, 5.74) is 2.55. The fourth-order valence-electron chi connectivity index (χ4n) is 4.33. The molecular weight excluding hydrogens is 394 g/mol. The number of pyridine rings is 1. The van der Waals surface area contributed by atoms with Gasteiger partial charge in [0.1, 0.15) is 5.41 Å². The molecule has 1 saturated heterocycles. The molecule has 0 saturated carbocycles. The average Bonchev–Trinajstić information content (AvgIpc) is 2.88. The van der Waals surface area contributed by atoms with Gasteiger partial charge in [0.15, 0.2) is 0 Å². The first-order valence-electron chi connectivity index (χ1n) is 11.2. The highest BCUT2D eigenvalue weighted by Gasteiger charge is 2.34. The molecule has 0 aliphatic carbocycles. The van der Waals surface area contributed by atoms with Crippen molar-refractivity contribution in [1.29, 1.82) is 5.26 Å². The van der Waals surface area contributed by atoms with E-state index in [4.69, 9.17) is 0 Å². The number of nitriles is 1. The van der Waals surface area contributed by atoms with E-state index >= 15 is 0 Å². The highest BCUT2D eigenvalue weighted by molar-refractivity contribution is 5.78. The predicted molar refractivity (Wildman–Crippen MR) is 128 cm³/mol. The smallest absolute Gasteiger partial charge is 0.107 e. The van der Waals surface area contributed by atoms with Crippen LogP contribution in [0.3, 0.4) is 0 Å². The van der Waals surface area contributed by atoms with Gasteiger partial charge in [0.05, 0.1) is 12.3 Å². The van der Waals surface area contributed by atoms with Gasteiger partial charge in [0.25, 0.3) is 0 Å². The van der Waals surface area contributed by atoms with E-state index in [1.54, 1.807) is 6.20 Å². The van der Waals surface area contributed by atoms with Crippen molar-refractivity contribution in [2.45, 2.75) is 18.3 Å². The highest BCUT2D eigenvalue weighted by Crippen LogP contribution is 2.36. The van der Waals surface area contributed by atoms with Crippen LogP contribution in [0.4, 0.5) is 0 Å². The number of piperazine rings is 1. The van der Waals surface area contributed by atoms with Gasteiger partial charge in [-0.25, -0.2) is 0 Å². The molecule has 5 nitrogen and oxygen atoms in total. The quantitative estimate of drug-likeness (QED) is 0.506. The lowest BCUT2D eigenvalue weighted by Crippen LogP contribution is -2.44. The Morgan fingerprint density at radius 3 is 2.12 bits per heavy atom. The molecule has 0 bridgehead atoms. The van der Waals surface area contributed by atoms with Crippen LogP contribution in [0, 0.1) is 11.3 Å². The van der Waals surface area contributed by atoms with Crippen LogP contribution in [0.2, 0.25) is 0 Å². The van der Waals surface area contributed by atoms with Crippen LogP contribution in [0.5, 0.6) is 0 Å². The summed E-state index contributed by atoms with van der Waals surface area (Å²) in [7, 11) is 0. The number of hydrogen-bond acceptors (Lipinski definition) is 5. The molecule has 32 heavy (non-hydrogen) atoms. The Hall–Kier alpha value is -3.49. The molecule has 0 unspecified atom stereocenters. The van der Waals surface area contributed by atoms with E-state index in [9.17, 15) is 5.26 Å². The number of hydrazone groups is 1. The maximum absolute atomic E-state index is 10.3. The summed E-state index contributed by atoms with van der Waals surface area (Å²) in [5.74, 6) is 0. The molecule has 0 atom stereocenters. The van der Waals surface area contributed by atoms with E-state index < -0.39 is 5.41 Å². The molecule has 3 aromatic rings. The van der Waals surface area contributed by atoms with E-state index in [1.165, 1.54) is 0 Å². The summed E-state index contributed by atoms with van der Waals surface area (Å²) in [6.45, 7) is 4.79. The van der Waals surface area contributed by atoms with Gasteiger partial charge in [0.2, 0.25) is 0 Å². The van der Waals surface area contributed by atoms with Crippen LogP contribution in [-0.2, 0) is 5.41 Å². The Kier molecular flexibility index (Phi) is 7.27. The Morgan fingerprint density at radius 2 is 1.56 bits per heavy atom. The summed E-state index contributed by atoms with van der Waals surface area (Å²) in [6, 6.07) is 27.0. The Balaban J connectivity index is 1.34. The monoisotopic (exact) mass is 423 g/mol. The van der Waals surface area contributed by atoms with E-state index in [0.29, 0.717) is 0 Å².